The SMILES string of the molecule is COc1c(C#N)cccc1C(C)C=O. The normalized spacial score (nSPS) is 11.5. The fourth-order valence-electron chi connectivity index (χ4n) is 1.30. The number of nitrogens with zero attached hydrogens (tertiary/aromatic N) is 1. The molecule has 0 aliphatic carbocycles. The van der Waals surface area contributed by atoms with E-state index in [0.29, 0.717) is 11.3 Å². The van der Waals surface area contributed by atoms with Gasteiger partial charge in [-0.25, -0.2) is 0 Å². The van der Waals surface area contributed by atoms with Crippen LogP contribution in [0.3, 0.4) is 0 Å². The topological polar surface area (TPSA) is 50.1 Å². The maximum Gasteiger partial charge on any atom is 0.140 e. The van der Waals surface area contributed by atoms with E-state index in [-0.39, 0.29) is 5.92 Å². The zero-order chi connectivity index (χ0) is 10.6. The van der Waals surface area contributed by atoms with E-state index < -0.39 is 0 Å². The first kappa shape index (κ1) is 10.3. The van der Waals surface area contributed by atoms with Crippen molar-refractivity contribution in [2.24, 2.45) is 0 Å². The Morgan fingerprint density at radius 2 is 2.29 bits per heavy atom. The second-order valence-electron chi connectivity index (χ2n) is 2.96. The zero-order valence-corrected chi connectivity index (χ0v) is 8.15. The Bertz CT molecular complexity index is 379. The lowest BCUT2D eigenvalue weighted by Gasteiger charge is -2.11. The maximum absolute atomic E-state index is 10.6. The standard InChI is InChI=1S/C11H11NO2/c1-8(7-13)10-5-3-4-9(6-12)11(10)14-2/h3-5,7-8H,1-2H3. The van der Waals surface area contributed by atoms with E-state index in [1.54, 1.807) is 25.1 Å². The van der Waals surface area contributed by atoms with Crippen molar-refractivity contribution < 1.29 is 9.53 Å². The third-order valence-electron chi connectivity index (χ3n) is 2.06. The third kappa shape index (κ3) is 1.74. The summed E-state index contributed by atoms with van der Waals surface area (Å²) in [6, 6.07) is 7.23. The Kier molecular flexibility index (Phi) is 3.24. The largest absolute Gasteiger partial charge is 0.495 e. The van der Waals surface area contributed by atoms with E-state index in [2.05, 4.69) is 0 Å². The average Bonchev–Trinajstić information content (AvgIpc) is 2.26. The lowest BCUT2D eigenvalue weighted by Crippen LogP contribution is -2.00. The van der Waals surface area contributed by atoms with Gasteiger partial charge in [-0.15, -0.1) is 0 Å². The van der Waals surface area contributed by atoms with Crippen LogP contribution in [0.1, 0.15) is 24.0 Å². The van der Waals surface area contributed by atoms with Crippen molar-refractivity contribution in [1.29, 1.82) is 5.26 Å². The van der Waals surface area contributed by atoms with Crippen LogP contribution in [0.15, 0.2) is 18.2 Å². The molecule has 1 aromatic rings. The fourth-order valence-corrected chi connectivity index (χ4v) is 1.30. The van der Waals surface area contributed by atoms with Crippen LogP contribution in [0.5, 0.6) is 5.75 Å². The smallest absolute Gasteiger partial charge is 0.140 e. The number of aldehydes is 1. The number of para-hydroxylation sites is 1. The molecule has 14 heavy (non-hydrogen) atoms. The quantitative estimate of drug-likeness (QED) is 0.682. The number of carbonyl (C=O) groups excluding carboxylic acids is 1. The molecule has 0 fully saturated rings. The molecule has 0 spiro atoms. The minimum atomic E-state index is -0.252. The van der Waals surface area contributed by atoms with Crippen molar-refractivity contribution in [3.63, 3.8) is 0 Å². The molecule has 3 heteroatoms. The molecular weight excluding hydrogens is 178 g/mol. The van der Waals surface area contributed by atoms with E-state index in [1.807, 2.05) is 6.07 Å². The van der Waals surface area contributed by atoms with Gasteiger partial charge in [0, 0.05) is 11.5 Å². The van der Waals surface area contributed by atoms with E-state index in [9.17, 15) is 4.79 Å². The summed E-state index contributed by atoms with van der Waals surface area (Å²) < 4.78 is 5.11. The minimum absolute atomic E-state index is 0.252. The predicted octanol–water partition coefficient (Wildman–Crippen LogP) is 1.87. The lowest BCUT2D eigenvalue weighted by atomic mass is 9.99. The molecule has 0 bridgehead atoms. The van der Waals surface area contributed by atoms with Crippen molar-refractivity contribution in [2.45, 2.75) is 12.8 Å². The summed E-state index contributed by atoms with van der Waals surface area (Å²) in [6.07, 6.45) is 0.832. The molecular formula is C11H11NO2. The number of methoxy groups -OCH3 is 1. The molecule has 0 N–H and O–H groups in total. The van der Waals surface area contributed by atoms with Gasteiger partial charge in [0.15, 0.2) is 0 Å². The number of hydrogen-bond donors (Lipinski definition) is 0. The molecule has 0 amide bonds. The summed E-state index contributed by atoms with van der Waals surface area (Å²) in [6.45, 7) is 1.77. The summed E-state index contributed by atoms with van der Waals surface area (Å²) in [4.78, 5) is 10.6. The monoisotopic (exact) mass is 189 g/mol. The van der Waals surface area contributed by atoms with Crippen LogP contribution in [-0.4, -0.2) is 13.4 Å². The Morgan fingerprint density at radius 3 is 2.79 bits per heavy atom. The molecule has 72 valence electrons. The van der Waals surface area contributed by atoms with Gasteiger partial charge in [0.1, 0.15) is 18.1 Å². The van der Waals surface area contributed by atoms with Crippen molar-refractivity contribution in [2.75, 3.05) is 7.11 Å². The van der Waals surface area contributed by atoms with Crippen LogP contribution in [0.25, 0.3) is 0 Å². The molecule has 0 radical (unpaired) electrons. The van der Waals surface area contributed by atoms with E-state index in [0.717, 1.165) is 11.8 Å². The predicted molar refractivity (Wildman–Crippen MR) is 52.2 cm³/mol. The van der Waals surface area contributed by atoms with Crippen LogP contribution in [0.4, 0.5) is 0 Å². The van der Waals surface area contributed by atoms with Crippen molar-refractivity contribution in [1.82, 2.24) is 0 Å². The van der Waals surface area contributed by atoms with Crippen molar-refractivity contribution in [3.8, 4) is 11.8 Å². The van der Waals surface area contributed by atoms with E-state index in [4.69, 9.17) is 10.00 Å². The van der Waals surface area contributed by atoms with Crippen LogP contribution in [0, 0.1) is 11.3 Å². The molecule has 0 saturated heterocycles. The van der Waals surface area contributed by atoms with Crippen molar-refractivity contribution >= 4 is 6.29 Å². The number of nitriles is 1. The molecule has 0 aliphatic rings. The van der Waals surface area contributed by atoms with Gasteiger partial charge in [-0.05, 0) is 6.07 Å². The number of hydrogen-bond acceptors (Lipinski definition) is 3. The lowest BCUT2D eigenvalue weighted by molar-refractivity contribution is -0.108. The summed E-state index contributed by atoms with van der Waals surface area (Å²) in [5.74, 6) is 0.243. The molecule has 1 rings (SSSR count). The number of rotatable bonds is 3. The Balaban J connectivity index is 3.30. The summed E-state index contributed by atoms with van der Waals surface area (Å²) in [5, 5.41) is 8.81. The van der Waals surface area contributed by atoms with Gasteiger partial charge in [0.25, 0.3) is 0 Å². The first-order valence-electron chi connectivity index (χ1n) is 4.27. The molecule has 0 heterocycles. The number of carbonyl (C=O) groups is 1. The van der Waals surface area contributed by atoms with Gasteiger partial charge < -0.3 is 9.53 Å². The highest BCUT2D eigenvalue weighted by Gasteiger charge is 2.13. The van der Waals surface area contributed by atoms with E-state index >= 15 is 0 Å². The van der Waals surface area contributed by atoms with Crippen LogP contribution in [-0.2, 0) is 4.79 Å². The highest BCUT2D eigenvalue weighted by molar-refractivity contribution is 5.65. The van der Waals surface area contributed by atoms with Gasteiger partial charge >= 0.3 is 0 Å². The summed E-state index contributed by atoms with van der Waals surface area (Å²) in [5.41, 5.74) is 1.21. The van der Waals surface area contributed by atoms with Gasteiger partial charge in [-0.2, -0.15) is 5.26 Å². The van der Waals surface area contributed by atoms with Gasteiger partial charge in [-0.1, -0.05) is 19.1 Å². The Labute approximate surface area is 82.9 Å². The van der Waals surface area contributed by atoms with E-state index in [1.165, 1.54) is 7.11 Å². The van der Waals surface area contributed by atoms with Gasteiger partial charge in [0.05, 0.1) is 12.7 Å². The second-order valence-corrected chi connectivity index (χ2v) is 2.96. The minimum Gasteiger partial charge on any atom is -0.495 e. The molecule has 1 aromatic carbocycles. The molecule has 1 atom stereocenters. The van der Waals surface area contributed by atoms with Crippen LogP contribution in [0.2, 0.25) is 0 Å². The second kappa shape index (κ2) is 4.43. The fraction of sp³-hybridized carbons (Fsp3) is 0.273. The molecule has 3 nitrogen and oxygen atoms in total. The maximum atomic E-state index is 10.6. The average molecular weight is 189 g/mol. The summed E-state index contributed by atoms with van der Waals surface area (Å²) in [7, 11) is 1.50. The zero-order valence-electron chi connectivity index (χ0n) is 8.15. The molecule has 0 saturated carbocycles. The van der Waals surface area contributed by atoms with Crippen LogP contribution >= 0.6 is 0 Å². The number of benzene rings is 1. The summed E-state index contributed by atoms with van der Waals surface area (Å²) >= 11 is 0. The van der Waals surface area contributed by atoms with Gasteiger partial charge in [-0.3, -0.25) is 0 Å². The highest BCUT2D eigenvalue weighted by atomic mass is 16.5. The molecule has 1 unspecified atom stereocenters. The van der Waals surface area contributed by atoms with Gasteiger partial charge in [0.2, 0.25) is 0 Å². The highest BCUT2D eigenvalue weighted by Crippen LogP contribution is 2.28. The number of ether oxygens (including phenoxy) is 1. The Morgan fingerprint density at radius 1 is 1.57 bits per heavy atom. The first-order valence-corrected chi connectivity index (χ1v) is 4.27. The van der Waals surface area contributed by atoms with Crippen molar-refractivity contribution in [3.05, 3.63) is 29.3 Å². The molecule has 0 aromatic heterocycles. The Hall–Kier alpha value is -1.82. The van der Waals surface area contributed by atoms with Crippen LogP contribution < -0.4 is 4.74 Å². The third-order valence-corrected chi connectivity index (χ3v) is 2.06. The first-order chi connectivity index (χ1) is 6.74. The molecule has 0 aliphatic heterocycles.